The second-order valence-corrected chi connectivity index (χ2v) is 6.99. The van der Waals surface area contributed by atoms with Gasteiger partial charge in [-0.3, -0.25) is 13.9 Å². The van der Waals surface area contributed by atoms with E-state index in [1.807, 2.05) is 0 Å². The predicted octanol–water partition coefficient (Wildman–Crippen LogP) is -0.523. The van der Waals surface area contributed by atoms with Crippen molar-refractivity contribution >= 4 is 0 Å². The number of aliphatic hydroxyl groups is 2. The topological polar surface area (TPSA) is 112 Å². The van der Waals surface area contributed by atoms with E-state index in [0.29, 0.717) is 18.8 Å². The van der Waals surface area contributed by atoms with E-state index in [9.17, 15) is 19.8 Å². The van der Waals surface area contributed by atoms with E-state index in [2.05, 4.69) is 0 Å². The SMILES string of the molecule is COc1ccc(Cn2c(=O)ccn([C@@H]3O[C@H](CO)[C@@H](O)[C@]34CCO4)c2=O)cc1. The van der Waals surface area contributed by atoms with Gasteiger partial charge in [-0.25, -0.2) is 4.79 Å². The van der Waals surface area contributed by atoms with Crippen LogP contribution in [0.15, 0.2) is 46.1 Å². The van der Waals surface area contributed by atoms with Crippen LogP contribution in [0, 0.1) is 0 Å². The Kier molecular flexibility index (Phi) is 4.84. The molecular weight excluding hydrogens is 368 g/mol. The van der Waals surface area contributed by atoms with E-state index >= 15 is 0 Å². The van der Waals surface area contributed by atoms with Gasteiger partial charge in [-0.15, -0.1) is 0 Å². The summed E-state index contributed by atoms with van der Waals surface area (Å²) in [6.45, 7) is 0.105. The molecule has 1 spiro atoms. The molecule has 2 aliphatic heterocycles. The molecule has 2 aliphatic rings. The van der Waals surface area contributed by atoms with E-state index in [1.54, 1.807) is 31.4 Å². The fraction of sp³-hybridized carbons (Fsp3) is 0.474. The normalized spacial score (nSPS) is 29.0. The Balaban J connectivity index is 1.70. The van der Waals surface area contributed by atoms with Gasteiger partial charge in [0, 0.05) is 18.7 Å². The minimum Gasteiger partial charge on any atom is -0.497 e. The third-order valence-corrected chi connectivity index (χ3v) is 5.47. The van der Waals surface area contributed by atoms with Gasteiger partial charge in [0.05, 0.1) is 26.9 Å². The average molecular weight is 390 g/mol. The average Bonchev–Trinajstić information content (AvgIpc) is 2.98. The number of aromatic nitrogens is 2. The maximum absolute atomic E-state index is 13.1. The molecule has 1 aromatic carbocycles. The van der Waals surface area contributed by atoms with Crippen LogP contribution >= 0.6 is 0 Å². The molecule has 0 saturated carbocycles. The number of rotatable bonds is 5. The summed E-state index contributed by atoms with van der Waals surface area (Å²) in [5.41, 5.74) is -1.36. The number of hydrogen-bond donors (Lipinski definition) is 2. The first-order valence-electron chi connectivity index (χ1n) is 9.03. The molecule has 0 radical (unpaired) electrons. The molecule has 2 aromatic rings. The molecule has 9 nitrogen and oxygen atoms in total. The molecule has 2 saturated heterocycles. The fourth-order valence-corrected chi connectivity index (χ4v) is 3.79. The minimum absolute atomic E-state index is 0.0784. The molecule has 0 bridgehead atoms. The van der Waals surface area contributed by atoms with Gasteiger partial charge in [-0.05, 0) is 17.7 Å². The maximum atomic E-state index is 13.1. The van der Waals surface area contributed by atoms with Gasteiger partial charge in [-0.1, -0.05) is 12.1 Å². The molecule has 0 amide bonds. The molecule has 3 heterocycles. The van der Waals surface area contributed by atoms with Gasteiger partial charge in [0.2, 0.25) is 0 Å². The second kappa shape index (κ2) is 7.17. The van der Waals surface area contributed by atoms with Gasteiger partial charge >= 0.3 is 5.69 Å². The van der Waals surface area contributed by atoms with Crippen LogP contribution < -0.4 is 16.0 Å². The molecule has 0 unspecified atom stereocenters. The van der Waals surface area contributed by atoms with Crippen LogP contribution in [-0.2, 0) is 16.0 Å². The van der Waals surface area contributed by atoms with Crippen LogP contribution in [0.4, 0.5) is 0 Å². The van der Waals surface area contributed by atoms with Gasteiger partial charge in [0.25, 0.3) is 5.56 Å². The Morgan fingerprint density at radius 1 is 1.25 bits per heavy atom. The van der Waals surface area contributed by atoms with Crippen molar-refractivity contribution in [3.63, 3.8) is 0 Å². The number of nitrogens with zero attached hydrogens (tertiary/aromatic N) is 2. The summed E-state index contributed by atoms with van der Waals surface area (Å²) in [6.07, 6.45) is -1.03. The van der Waals surface area contributed by atoms with E-state index in [-0.39, 0.29) is 6.54 Å². The zero-order valence-corrected chi connectivity index (χ0v) is 15.4. The summed E-state index contributed by atoms with van der Waals surface area (Å²) in [5.74, 6) is 0.675. The van der Waals surface area contributed by atoms with Crippen LogP contribution in [0.2, 0.25) is 0 Å². The molecule has 4 atom stereocenters. The van der Waals surface area contributed by atoms with E-state index < -0.39 is 41.9 Å². The Bertz CT molecular complexity index is 961. The number of benzene rings is 1. The zero-order valence-electron chi connectivity index (χ0n) is 15.4. The Hall–Kier alpha value is -2.46. The third-order valence-electron chi connectivity index (χ3n) is 5.47. The Morgan fingerprint density at radius 3 is 2.54 bits per heavy atom. The molecule has 150 valence electrons. The lowest BCUT2D eigenvalue weighted by Crippen LogP contribution is -2.58. The summed E-state index contributed by atoms with van der Waals surface area (Å²) in [4.78, 5) is 25.4. The summed E-state index contributed by atoms with van der Waals surface area (Å²) in [7, 11) is 1.56. The van der Waals surface area contributed by atoms with Crippen LogP contribution in [0.3, 0.4) is 0 Å². The first kappa shape index (κ1) is 18.9. The summed E-state index contributed by atoms with van der Waals surface area (Å²) >= 11 is 0. The highest BCUT2D eigenvalue weighted by Crippen LogP contribution is 2.47. The second-order valence-electron chi connectivity index (χ2n) is 6.99. The van der Waals surface area contributed by atoms with Crippen molar-refractivity contribution in [3.8, 4) is 5.75 Å². The van der Waals surface area contributed by atoms with Gasteiger partial charge in [-0.2, -0.15) is 0 Å². The zero-order chi connectivity index (χ0) is 19.9. The summed E-state index contributed by atoms with van der Waals surface area (Å²) < 4.78 is 18.8. The molecule has 0 aliphatic carbocycles. The van der Waals surface area contributed by atoms with Crippen molar-refractivity contribution in [2.24, 2.45) is 0 Å². The molecule has 1 aromatic heterocycles. The first-order chi connectivity index (χ1) is 13.5. The highest BCUT2D eigenvalue weighted by atomic mass is 16.6. The van der Waals surface area contributed by atoms with E-state index in [4.69, 9.17) is 14.2 Å². The van der Waals surface area contributed by atoms with E-state index in [1.165, 1.54) is 16.8 Å². The predicted molar refractivity (Wildman–Crippen MR) is 97.4 cm³/mol. The van der Waals surface area contributed by atoms with Crippen molar-refractivity contribution in [1.82, 2.24) is 9.13 Å². The number of methoxy groups -OCH3 is 1. The summed E-state index contributed by atoms with van der Waals surface area (Å²) in [6, 6.07) is 8.33. The smallest absolute Gasteiger partial charge is 0.333 e. The molecule has 4 rings (SSSR count). The largest absolute Gasteiger partial charge is 0.497 e. The van der Waals surface area contributed by atoms with Crippen molar-refractivity contribution < 1.29 is 24.4 Å². The molecular formula is C19H22N2O7. The van der Waals surface area contributed by atoms with Crippen LogP contribution in [0.1, 0.15) is 18.2 Å². The lowest BCUT2D eigenvalue weighted by atomic mass is 9.86. The summed E-state index contributed by atoms with van der Waals surface area (Å²) in [5, 5.41) is 19.9. The molecule has 28 heavy (non-hydrogen) atoms. The van der Waals surface area contributed by atoms with Crippen molar-refractivity contribution in [3.05, 3.63) is 62.9 Å². The Labute approximate surface area is 160 Å². The van der Waals surface area contributed by atoms with Crippen LogP contribution in [-0.4, -0.2) is 57.5 Å². The number of aliphatic hydroxyl groups excluding tert-OH is 2. The lowest BCUT2D eigenvalue weighted by molar-refractivity contribution is -0.227. The van der Waals surface area contributed by atoms with E-state index in [0.717, 1.165) is 10.1 Å². The third kappa shape index (κ3) is 2.87. The van der Waals surface area contributed by atoms with Crippen LogP contribution in [0.5, 0.6) is 5.75 Å². The van der Waals surface area contributed by atoms with Gasteiger partial charge < -0.3 is 24.4 Å². The van der Waals surface area contributed by atoms with Crippen LogP contribution in [0.25, 0.3) is 0 Å². The highest BCUT2D eigenvalue weighted by Gasteiger charge is 2.61. The van der Waals surface area contributed by atoms with Crippen molar-refractivity contribution in [1.29, 1.82) is 0 Å². The van der Waals surface area contributed by atoms with Gasteiger partial charge in [0.15, 0.2) is 6.23 Å². The van der Waals surface area contributed by atoms with Crippen molar-refractivity contribution in [2.75, 3.05) is 20.3 Å². The highest BCUT2D eigenvalue weighted by molar-refractivity contribution is 5.27. The molecule has 2 N–H and O–H groups in total. The number of hydrogen-bond acceptors (Lipinski definition) is 7. The van der Waals surface area contributed by atoms with Crippen molar-refractivity contribution in [2.45, 2.75) is 37.0 Å². The monoisotopic (exact) mass is 390 g/mol. The number of ether oxygens (including phenoxy) is 3. The first-order valence-corrected chi connectivity index (χ1v) is 9.03. The molecule has 2 fully saturated rings. The maximum Gasteiger partial charge on any atom is 0.333 e. The quantitative estimate of drug-likeness (QED) is 0.706. The Morgan fingerprint density at radius 2 is 1.96 bits per heavy atom. The molecule has 9 heteroatoms. The minimum atomic E-state index is -1.10. The fourth-order valence-electron chi connectivity index (χ4n) is 3.79. The standard InChI is InChI=1S/C19H22N2O7/c1-26-13-4-2-12(3-5-13)10-21-15(23)6-8-20(18(21)25)17-19(7-9-27-19)16(24)14(11-22)28-17/h2-6,8,14,16-17,22,24H,7,9-11H2,1H3/t14-,16-,17-,19-/m1/s1. The lowest BCUT2D eigenvalue weighted by Gasteiger charge is -2.44. The van der Waals surface area contributed by atoms with Gasteiger partial charge in [0.1, 0.15) is 23.6 Å².